The van der Waals surface area contributed by atoms with Gasteiger partial charge in [0.1, 0.15) is 6.04 Å². The highest BCUT2D eigenvalue weighted by Gasteiger charge is 2.77. The van der Waals surface area contributed by atoms with Crippen LogP contribution >= 0.6 is 0 Å². The van der Waals surface area contributed by atoms with E-state index in [9.17, 15) is 14.4 Å². The van der Waals surface area contributed by atoms with Crippen LogP contribution in [0.3, 0.4) is 0 Å². The Morgan fingerprint density at radius 2 is 1.24 bits per heavy atom. The first kappa shape index (κ1) is 26.3. The molecule has 0 aliphatic carbocycles. The third kappa shape index (κ3) is 4.33. The van der Waals surface area contributed by atoms with Gasteiger partial charge < -0.3 is 20.9 Å². The van der Waals surface area contributed by atoms with Crippen molar-refractivity contribution in [2.45, 2.75) is 36.8 Å². The average Bonchev–Trinajstić information content (AvgIpc) is 3.38. The zero-order chi connectivity index (χ0) is 28.5. The van der Waals surface area contributed by atoms with Gasteiger partial charge in [0, 0.05) is 25.3 Å². The number of nitrogens with two attached hydrogens (primary N) is 1. The Kier molecular flexibility index (Phi) is 6.77. The lowest BCUT2D eigenvalue weighted by atomic mass is 9.68. The Morgan fingerprint density at radius 3 is 1.85 bits per heavy atom. The first-order chi connectivity index (χ1) is 19.9. The largest absolute Gasteiger partial charge is 0.358 e. The number of anilines is 1. The number of rotatable bonds is 8. The summed E-state index contributed by atoms with van der Waals surface area (Å²) in [7, 11) is 0. The molecule has 6 rings (SSSR count). The fourth-order valence-corrected chi connectivity index (χ4v) is 6.13. The highest BCUT2D eigenvalue weighted by atomic mass is 16.2. The molecule has 0 saturated carbocycles. The molecule has 1 saturated heterocycles. The Hall–Kier alpha value is -4.95. The van der Waals surface area contributed by atoms with Crippen LogP contribution in [0.25, 0.3) is 0 Å². The van der Waals surface area contributed by atoms with E-state index in [2.05, 4.69) is 16.0 Å². The van der Waals surface area contributed by atoms with E-state index in [-0.39, 0.29) is 19.6 Å². The number of carbonyl (C=O) groups excluding carboxylic acids is 3. The molecule has 8 nitrogen and oxygen atoms in total. The zero-order valence-electron chi connectivity index (χ0n) is 22.4. The number of likely N-dealkylation sites (tertiary alicyclic amines) is 1. The van der Waals surface area contributed by atoms with E-state index in [1.165, 1.54) is 4.90 Å². The summed E-state index contributed by atoms with van der Waals surface area (Å²) in [6.45, 7) is 0.558. The van der Waals surface area contributed by atoms with Gasteiger partial charge in [0.25, 0.3) is 5.91 Å². The van der Waals surface area contributed by atoms with Crippen molar-refractivity contribution in [3.05, 3.63) is 138 Å². The van der Waals surface area contributed by atoms with E-state index in [0.29, 0.717) is 11.3 Å². The molecule has 2 aliphatic heterocycles. The van der Waals surface area contributed by atoms with E-state index >= 15 is 0 Å². The van der Waals surface area contributed by atoms with E-state index < -0.39 is 34.8 Å². The number of amides is 3. The second-order valence-corrected chi connectivity index (χ2v) is 10.5. The molecule has 4 aromatic rings. The fraction of sp³-hybridized carbons (Fsp3) is 0.182. The molecule has 3 atom stereocenters. The minimum Gasteiger partial charge on any atom is -0.358 e. The quantitative estimate of drug-likeness (QED) is 0.272. The third-order valence-electron chi connectivity index (χ3n) is 8.03. The van der Waals surface area contributed by atoms with Crippen LogP contribution in [0.15, 0.2) is 115 Å². The van der Waals surface area contributed by atoms with Gasteiger partial charge in [-0.3, -0.25) is 20.1 Å². The molecule has 41 heavy (non-hydrogen) atoms. The number of benzene rings is 4. The maximum absolute atomic E-state index is 14.5. The van der Waals surface area contributed by atoms with Crippen molar-refractivity contribution in [2.24, 2.45) is 5.73 Å². The lowest BCUT2D eigenvalue weighted by molar-refractivity contribution is -0.138. The van der Waals surface area contributed by atoms with Gasteiger partial charge in [0.15, 0.2) is 11.1 Å². The summed E-state index contributed by atoms with van der Waals surface area (Å²) in [6, 6.07) is 34.3. The fourth-order valence-electron chi connectivity index (χ4n) is 6.13. The lowest BCUT2D eigenvalue weighted by Gasteiger charge is -2.37. The highest BCUT2D eigenvalue weighted by molar-refractivity contribution is 6.14. The number of fused-ring (bicyclic) bond motifs is 3. The molecule has 206 valence electrons. The summed E-state index contributed by atoms with van der Waals surface area (Å²) in [5.74, 6) is -1.48. The van der Waals surface area contributed by atoms with E-state index in [1.54, 1.807) is 18.2 Å². The summed E-state index contributed by atoms with van der Waals surface area (Å²) in [6.07, 6.45) is 0. The minimum absolute atomic E-state index is 0.111. The highest BCUT2D eigenvalue weighted by Crippen LogP contribution is 2.54. The number of carbonyl (C=O) groups is 3. The van der Waals surface area contributed by atoms with Crippen LogP contribution < -0.4 is 21.7 Å². The molecular formula is C33H31N5O3. The molecule has 0 bridgehead atoms. The number of hydrogen-bond donors (Lipinski definition) is 4. The van der Waals surface area contributed by atoms with Gasteiger partial charge in [-0.25, -0.2) is 0 Å². The van der Waals surface area contributed by atoms with Crippen LogP contribution in [0.1, 0.15) is 22.3 Å². The maximum Gasteiger partial charge on any atom is 0.265 e. The normalized spacial score (nSPS) is 22.4. The summed E-state index contributed by atoms with van der Waals surface area (Å²) in [5.41, 5.74) is 7.03. The minimum atomic E-state index is -1.89. The summed E-state index contributed by atoms with van der Waals surface area (Å²) < 4.78 is 0. The van der Waals surface area contributed by atoms with Crippen LogP contribution in [0.2, 0.25) is 0 Å². The van der Waals surface area contributed by atoms with Crippen molar-refractivity contribution < 1.29 is 14.4 Å². The summed E-state index contributed by atoms with van der Waals surface area (Å²) in [5, 5.41) is 9.17. The molecule has 4 aromatic carbocycles. The number of para-hydroxylation sites is 1. The SMILES string of the molecule is NC12Nc3ccccc3C1(C(=O)NCc1ccccc1)C(C(=O)NCc1ccccc1)N(Cc1ccccc1)C2=O. The van der Waals surface area contributed by atoms with Crippen molar-refractivity contribution in [1.82, 2.24) is 15.5 Å². The molecule has 5 N–H and O–H groups in total. The van der Waals surface area contributed by atoms with E-state index in [1.807, 2.05) is 97.1 Å². The van der Waals surface area contributed by atoms with Crippen molar-refractivity contribution in [3.63, 3.8) is 0 Å². The van der Waals surface area contributed by atoms with Crippen molar-refractivity contribution in [2.75, 3.05) is 5.32 Å². The number of nitrogens with one attached hydrogen (secondary N) is 3. The smallest absolute Gasteiger partial charge is 0.265 e. The molecule has 0 radical (unpaired) electrons. The lowest BCUT2D eigenvalue weighted by Crippen LogP contribution is -2.69. The van der Waals surface area contributed by atoms with Gasteiger partial charge in [-0.2, -0.15) is 0 Å². The topological polar surface area (TPSA) is 117 Å². The van der Waals surface area contributed by atoms with E-state index in [4.69, 9.17) is 5.73 Å². The van der Waals surface area contributed by atoms with Gasteiger partial charge in [0.2, 0.25) is 11.8 Å². The Morgan fingerprint density at radius 1 is 0.732 bits per heavy atom. The van der Waals surface area contributed by atoms with Crippen molar-refractivity contribution in [3.8, 4) is 0 Å². The van der Waals surface area contributed by atoms with Crippen LogP contribution in [0.4, 0.5) is 5.69 Å². The van der Waals surface area contributed by atoms with Crippen LogP contribution in [-0.4, -0.2) is 34.3 Å². The standard InChI is InChI=1S/C33H31N5O3/c34-33-31(41)38(22-25-16-8-3-9-17-25)28(29(39)35-20-23-12-4-1-5-13-23)32(33,26-18-10-11-19-27(26)37-33)30(40)36-21-24-14-6-2-7-15-24/h1-19,28,37H,20-22,34H2,(H,35,39)(H,36,40). The first-order valence-corrected chi connectivity index (χ1v) is 13.6. The first-order valence-electron chi connectivity index (χ1n) is 13.6. The predicted molar refractivity (Wildman–Crippen MR) is 156 cm³/mol. The molecule has 2 aliphatic rings. The van der Waals surface area contributed by atoms with Gasteiger partial charge in [0.05, 0.1) is 0 Å². The van der Waals surface area contributed by atoms with Crippen molar-refractivity contribution >= 4 is 23.4 Å². The number of hydrogen-bond acceptors (Lipinski definition) is 5. The van der Waals surface area contributed by atoms with E-state index in [0.717, 1.165) is 16.7 Å². The Bertz CT molecular complexity index is 1580. The average molecular weight is 546 g/mol. The molecule has 0 aromatic heterocycles. The number of nitrogens with zero attached hydrogens (tertiary/aromatic N) is 1. The monoisotopic (exact) mass is 545 g/mol. The summed E-state index contributed by atoms with van der Waals surface area (Å²) >= 11 is 0. The van der Waals surface area contributed by atoms with Crippen LogP contribution in [-0.2, 0) is 39.4 Å². The Balaban J connectivity index is 1.46. The zero-order valence-corrected chi connectivity index (χ0v) is 22.4. The second kappa shape index (κ2) is 10.6. The van der Waals surface area contributed by atoms with Gasteiger partial charge >= 0.3 is 0 Å². The van der Waals surface area contributed by atoms with Gasteiger partial charge in [-0.1, -0.05) is 109 Å². The maximum atomic E-state index is 14.5. The van der Waals surface area contributed by atoms with Crippen LogP contribution in [0, 0.1) is 0 Å². The molecule has 2 heterocycles. The van der Waals surface area contributed by atoms with Crippen LogP contribution in [0.5, 0.6) is 0 Å². The molecule has 1 fully saturated rings. The molecule has 3 amide bonds. The predicted octanol–water partition coefficient (Wildman–Crippen LogP) is 3.05. The van der Waals surface area contributed by atoms with Gasteiger partial charge in [-0.15, -0.1) is 0 Å². The molecule has 3 unspecified atom stereocenters. The summed E-state index contributed by atoms with van der Waals surface area (Å²) in [4.78, 5) is 44.6. The Labute approximate surface area is 238 Å². The molecule has 8 heteroatoms. The van der Waals surface area contributed by atoms with Crippen molar-refractivity contribution in [1.29, 1.82) is 0 Å². The second-order valence-electron chi connectivity index (χ2n) is 10.5. The van der Waals surface area contributed by atoms with Gasteiger partial charge in [-0.05, 0) is 28.3 Å². The molecular weight excluding hydrogens is 514 g/mol. The molecule has 0 spiro atoms. The third-order valence-corrected chi connectivity index (χ3v) is 8.03.